The van der Waals surface area contributed by atoms with Crippen molar-refractivity contribution in [2.24, 2.45) is 5.73 Å². The largest absolute Gasteiger partial charge is 0.327 e. The molecule has 0 saturated carbocycles. The van der Waals surface area contributed by atoms with Crippen LogP contribution >= 0.6 is 11.8 Å². The van der Waals surface area contributed by atoms with E-state index in [1.807, 2.05) is 6.08 Å². The predicted octanol–water partition coefficient (Wildman–Crippen LogP) is 3.00. The second-order valence-corrected chi connectivity index (χ2v) is 4.16. The topological polar surface area (TPSA) is 26.0 Å². The summed E-state index contributed by atoms with van der Waals surface area (Å²) in [6.07, 6.45) is 6.19. The van der Waals surface area contributed by atoms with Gasteiger partial charge >= 0.3 is 0 Å². The van der Waals surface area contributed by atoms with Gasteiger partial charge < -0.3 is 5.73 Å². The predicted molar refractivity (Wildman–Crippen MR) is 65.8 cm³/mol. The van der Waals surface area contributed by atoms with Crippen LogP contribution in [0.2, 0.25) is 0 Å². The minimum Gasteiger partial charge on any atom is -0.327 e. The van der Waals surface area contributed by atoms with Gasteiger partial charge in [-0.05, 0) is 42.9 Å². The lowest BCUT2D eigenvalue weighted by atomic mass is 10.1. The lowest BCUT2D eigenvalue weighted by Crippen LogP contribution is -1.93. The summed E-state index contributed by atoms with van der Waals surface area (Å²) in [6.45, 7) is 4.88. The van der Waals surface area contributed by atoms with Crippen molar-refractivity contribution in [3.63, 3.8) is 0 Å². The molecule has 0 unspecified atom stereocenters. The van der Waals surface area contributed by atoms with Gasteiger partial charge in [-0.25, -0.2) is 0 Å². The Labute approximate surface area is 90.4 Å². The summed E-state index contributed by atoms with van der Waals surface area (Å²) in [4.78, 5) is 1.32. The van der Waals surface area contributed by atoms with Crippen molar-refractivity contribution in [1.29, 1.82) is 0 Å². The fraction of sp³-hybridized carbons (Fsp3) is 0.333. The van der Waals surface area contributed by atoms with E-state index in [0.29, 0.717) is 6.54 Å². The van der Waals surface area contributed by atoms with Crippen LogP contribution in [0.25, 0.3) is 6.08 Å². The van der Waals surface area contributed by atoms with Gasteiger partial charge in [-0.1, -0.05) is 18.2 Å². The summed E-state index contributed by atoms with van der Waals surface area (Å²) in [6, 6.07) is 4.45. The first-order valence-corrected chi connectivity index (χ1v) is 5.93. The average Bonchev–Trinajstić information content (AvgIpc) is 2.19. The molecule has 0 aromatic heterocycles. The van der Waals surface area contributed by atoms with Crippen LogP contribution in [0.5, 0.6) is 0 Å². The van der Waals surface area contributed by atoms with Gasteiger partial charge in [0.15, 0.2) is 0 Å². The molecule has 1 aromatic carbocycles. The number of thioether (sulfide) groups is 1. The molecule has 0 aliphatic rings. The third kappa shape index (κ3) is 2.63. The van der Waals surface area contributed by atoms with Gasteiger partial charge in [-0.15, -0.1) is 11.8 Å². The Morgan fingerprint density at radius 3 is 2.50 bits per heavy atom. The number of hydrogen-bond donors (Lipinski definition) is 1. The first kappa shape index (κ1) is 11.3. The summed E-state index contributed by atoms with van der Waals surface area (Å²) >= 11 is 1.78. The lowest BCUT2D eigenvalue weighted by molar-refractivity contribution is 1.24. The lowest BCUT2D eigenvalue weighted by Gasteiger charge is -2.07. The van der Waals surface area contributed by atoms with E-state index < -0.39 is 0 Å². The van der Waals surface area contributed by atoms with Crippen LogP contribution in [0.15, 0.2) is 23.1 Å². The molecule has 0 spiro atoms. The van der Waals surface area contributed by atoms with Gasteiger partial charge in [-0.2, -0.15) is 0 Å². The molecule has 0 radical (unpaired) electrons. The van der Waals surface area contributed by atoms with Gasteiger partial charge in [0, 0.05) is 11.4 Å². The zero-order valence-corrected chi connectivity index (χ0v) is 9.82. The van der Waals surface area contributed by atoms with Gasteiger partial charge in [0.05, 0.1) is 0 Å². The molecule has 1 rings (SSSR count). The van der Waals surface area contributed by atoms with Crippen molar-refractivity contribution in [3.05, 3.63) is 34.9 Å². The Morgan fingerprint density at radius 2 is 1.93 bits per heavy atom. The smallest absolute Gasteiger partial charge is 0.0144 e. The van der Waals surface area contributed by atoms with Crippen LogP contribution in [0.3, 0.4) is 0 Å². The summed E-state index contributed by atoms with van der Waals surface area (Å²) in [5.74, 6) is 0. The van der Waals surface area contributed by atoms with Crippen LogP contribution in [0.1, 0.15) is 16.7 Å². The molecule has 76 valence electrons. The zero-order valence-electron chi connectivity index (χ0n) is 9.00. The van der Waals surface area contributed by atoms with Crippen LogP contribution in [-0.2, 0) is 0 Å². The molecule has 2 heteroatoms. The molecule has 0 saturated heterocycles. The number of rotatable bonds is 3. The van der Waals surface area contributed by atoms with Crippen LogP contribution in [0, 0.1) is 13.8 Å². The van der Waals surface area contributed by atoms with E-state index >= 15 is 0 Å². The highest BCUT2D eigenvalue weighted by Crippen LogP contribution is 2.25. The Hall–Kier alpha value is -0.730. The third-order valence-corrected chi connectivity index (χ3v) is 3.07. The van der Waals surface area contributed by atoms with Crippen molar-refractivity contribution >= 4 is 17.8 Å². The van der Waals surface area contributed by atoms with E-state index in [9.17, 15) is 0 Å². The molecule has 1 nitrogen and oxygen atoms in total. The molecule has 1 aromatic rings. The zero-order chi connectivity index (χ0) is 10.6. The molecule has 2 N–H and O–H groups in total. The summed E-state index contributed by atoms with van der Waals surface area (Å²) in [5.41, 5.74) is 9.39. The van der Waals surface area contributed by atoms with Crippen molar-refractivity contribution in [3.8, 4) is 0 Å². The second kappa shape index (κ2) is 5.23. The Balaban J connectivity index is 3.13. The number of benzene rings is 1. The minimum absolute atomic E-state index is 0.598. The molecule has 0 fully saturated rings. The fourth-order valence-corrected chi connectivity index (χ4v) is 1.97. The van der Waals surface area contributed by atoms with Crippen molar-refractivity contribution in [2.75, 3.05) is 12.8 Å². The van der Waals surface area contributed by atoms with Crippen LogP contribution in [0.4, 0.5) is 0 Å². The van der Waals surface area contributed by atoms with Crippen LogP contribution < -0.4 is 5.73 Å². The van der Waals surface area contributed by atoms with E-state index in [0.717, 1.165) is 0 Å². The normalized spacial score (nSPS) is 11.1. The Kier molecular flexibility index (Phi) is 4.23. The Morgan fingerprint density at radius 1 is 1.29 bits per heavy atom. The van der Waals surface area contributed by atoms with E-state index in [1.165, 1.54) is 21.6 Å². The van der Waals surface area contributed by atoms with Gasteiger partial charge in [-0.3, -0.25) is 0 Å². The number of nitrogens with two attached hydrogens (primary N) is 1. The standard InChI is InChI=1S/C12H17NS/c1-9-7-11(5-4-6-13)12(14-3)8-10(9)2/h4-5,7-8H,6,13H2,1-3H3/b5-4+. The highest BCUT2D eigenvalue weighted by atomic mass is 32.2. The molecule has 0 atom stereocenters. The minimum atomic E-state index is 0.598. The van der Waals surface area contributed by atoms with E-state index in [1.54, 1.807) is 11.8 Å². The fourth-order valence-electron chi connectivity index (χ4n) is 1.31. The van der Waals surface area contributed by atoms with E-state index in [4.69, 9.17) is 5.73 Å². The maximum absolute atomic E-state index is 5.44. The maximum Gasteiger partial charge on any atom is 0.0144 e. The SMILES string of the molecule is CSc1cc(C)c(C)cc1/C=C/CN. The molecule has 0 bridgehead atoms. The number of hydrogen-bond acceptors (Lipinski definition) is 2. The molecule has 0 aliphatic carbocycles. The first-order chi connectivity index (χ1) is 6.69. The summed E-state index contributed by atoms with van der Waals surface area (Å²) in [5, 5.41) is 0. The van der Waals surface area contributed by atoms with Gasteiger partial charge in [0.1, 0.15) is 0 Å². The van der Waals surface area contributed by atoms with Crippen LogP contribution in [-0.4, -0.2) is 12.8 Å². The molecule has 0 aliphatic heterocycles. The Bertz CT molecular complexity index is 342. The second-order valence-electron chi connectivity index (χ2n) is 3.32. The number of aryl methyl sites for hydroxylation is 2. The quantitative estimate of drug-likeness (QED) is 0.771. The first-order valence-electron chi connectivity index (χ1n) is 4.71. The van der Waals surface area contributed by atoms with E-state index in [2.05, 4.69) is 38.3 Å². The van der Waals surface area contributed by atoms with Crippen molar-refractivity contribution < 1.29 is 0 Å². The summed E-state index contributed by atoms with van der Waals surface area (Å²) < 4.78 is 0. The summed E-state index contributed by atoms with van der Waals surface area (Å²) in [7, 11) is 0. The monoisotopic (exact) mass is 207 g/mol. The molecular weight excluding hydrogens is 190 g/mol. The highest BCUT2D eigenvalue weighted by molar-refractivity contribution is 7.98. The molecule has 14 heavy (non-hydrogen) atoms. The van der Waals surface area contributed by atoms with Crippen molar-refractivity contribution in [2.45, 2.75) is 18.7 Å². The highest BCUT2D eigenvalue weighted by Gasteiger charge is 2.01. The maximum atomic E-state index is 5.44. The molecule has 0 amide bonds. The molecular formula is C12H17NS. The van der Waals surface area contributed by atoms with Crippen molar-refractivity contribution in [1.82, 2.24) is 0 Å². The van der Waals surface area contributed by atoms with Gasteiger partial charge in [0.25, 0.3) is 0 Å². The van der Waals surface area contributed by atoms with Gasteiger partial charge in [0.2, 0.25) is 0 Å². The molecule has 0 heterocycles. The third-order valence-electron chi connectivity index (χ3n) is 2.28. The average molecular weight is 207 g/mol. The van der Waals surface area contributed by atoms with E-state index in [-0.39, 0.29) is 0 Å².